The predicted molar refractivity (Wildman–Crippen MR) is 118 cm³/mol. The standard InChI is InChI=1S/C26H30N2O/c1-26(2,3)28(25(29)24-17-23(24)21-13-8-5-9-14-21)19-22-15-10-16-27(22)18-20-11-6-4-7-12-20/h4-16,23-24H,17-19H2,1-3H3. The summed E-state index contributed by atoms with van der Waals surface area (Å²) in [6.45, 7) is 7.87. The average molecular weight is 387 g/mol. The van der Waals surface area contributed by atoms with Gasteiger partial charge in [-0.15, -0.1) is 0 Å². The molecule has 1 aliphatic carbocycles. The number of aromatic nitrogens is 1. The maximum atomic E-state index is 13.4. The van der Waals surface area contributed by atoms with E-state index in [1.807, 2.05) is 12.1 Å². The van der Waals surface area contributed by atoms with Crippen molar-refractivity contribution in [2.75, 3.05) is 0 Å². The van der Waals surface area contributed by atoms with E-state index in [0.717, 1.165) is 13.0 Å². The van der Waals surface area contributed by atoms with Gasteiger partial charge >= 0.3 is 0 Å². The van der Waals surface area contributed by atoms with E-state index in [1.165, 1.54) is 16.8 Å². The summed E-state index contributed by atoms with van der Waals surface area (Å²) in [7, 11) is 0. The summed E-state index contributed by atoms with van der Waals surface area (Å²) in [6, 6.07) is 25.1. The van der Waals surface area contributed by atoms with Gasteiger partial charge in [-0.1, -0.05) is 60.7 Å². The highest BCUT2D eigenvalue weighted by Gasteiger charge is 2.47. The van der Waals surface area contributed by atoms with Crippen molar-refractivity contribution in [3.63, 3.8) is 0 Å². The molecule has 0 N–H and O–H groups in total. The van der Waals surface area contributed by atoms with Crippen molar-refractivity contribution in [1.29, 1.82) is 0 Å². The molecule has 1 fully saturated rings. The van der Waals surface area contributed by atoms with Crippen LogP contribution in [-0.2, 0) is 17.9 Å². The van der Waals surface area contributed by atoms with Crippen LogP contribution in [0.25, 0.3) is 0 Å². The van der Waals surface area contributed by atoms with Crippen molar-refractivity contribution in [2.24, 2.45) is 5.92 Å². The van der Waals surface area contributed by atoms with E-state index < -0.39 is 0 Å². The predicted octanol–water partition coefficient (Wildman–Crippen LogP) is 5.47. The Morgan fingerprint density at radius 1 is 0.966 bits per heavy atom. The molecule has 3 nitrogen and oxygen atoms in total. The summed E-state index contributed by atoms with van der Waals surface area (Å²) < 4.78 is 2.25. The Balaban J connectivity index is 1.51. The number of rotatable bonds is 6. The minimum absolute atomic E-state index is 0.106. The Kier molecular flexibility index (Phi) is 5.31. The number of amides is 1. The van der Waals surface area contributed by atoms with E-state index in [1.54, 1.807) is 0 Å². The first-order chi connectivity index (χ1) is 13.9. The molecule has 1 saturated carbocycles. The van der Waals surface area contributed by atoms with Gasteiger partial charge in [0, 0.05) is 29.9 Å². The lowest BCUT2D eigenvalue weighted by molar-refractivity contribution is -0.138. The van der Waals surface area contributed by atoms with Crippen molar-refractivity contribution in [3.05, 3.63) is 95.8 Å². The molecule has 1 aliphatic rings. The van der Waals surface area contributed by atoms with Crippen LogP contribution in [0, 0.1) is 5.92 Å². The molecule has 3 aromatic rings. The van der Waals surface area contributed by atoms with Crippen molar-refractivity contribution >= 4 is 5.91 Å². The molecule has 0 bridgehead atoms. The van der Waals surface area contributed by atoms with E-state index in [9.17, 15) is 4.79 Å². The van der Waals surface area contributed by atoms with E-state index >= 15 is 0 Å². The molecule has 0 radical (unpaired) electrons. The van der Waals surface area contributed by atoms with Gasteiger partial charge in [-0.3, -0.25) is 4.79 Å². The number of carbonyl (C=O) groups is 1. The van der Waals surface area contributed by atoms with Gasteiger partial charge in [-0.2, -0.15) is 0 Å². The van der Waals surface area contributed by atoms with Crippen molar-refractivity contribution < 1.29 is 4.79 Å². The molecule has 0 aliphatic heterocycles. The molecule has 2 atom stereocenters. The van der Waals surface area contributed by atoms with E-state index in [0.29, 0.717) is 12.5 Å². The first-order valence-electron chi connectivity index (χ1n) is 10.5. The number of hydrogen-bond acceptors (Lipinski definition) is 1. The Morgan fingerprint density at radius 2 is 1.62 bits per heavy atom. The third-order valence-electron chi connectivity index (χ3n) is 5.85. The first-order valence-corrected chi connectivity index (χ1v) is 10.5. The fraction of sp³-hybridized carbons (Fsp3) is 0.346. The number of carbonyl (C=O) groups excluding carboxylic acids is 1. The lowest BCUT2D eigenvalue weighted by atomic mass is 10.0. The van der Waals surface area contributed by atoms with Gasteiger partial charge in [0.05, 0.1) is 6.54 Å². The molecule has 2 unspecified atom stereocenters. The monoisotopic (exact) mass is 386 g/mol. The molecule has 29 heavy (non-hydrogen) atoms. The van der Waals surface area contributed by atoms with Crippen LogP contribution in [-0.4, -0.2) is 20.9 Å². The van der Waals surface area contributed by atoms with Crippen molar-refractivity contribution in [2.45, 2.75) is 51.7 Å². The molecule has 2 aromatic carbocycles. The summed E-state index contributed by atoms with van der Waals surface area (Å²) in [6.07, 6.45) is 3.07. The number of hydrogen-bond donors (Lipinski definition) is 0. The summed E-state index contributed by atoms with van der Waals surface area (Å²) in [5.41, 5.74) is 3.51. The maximum Gasteiger partial charge on any atom is 0.227 e. The molecule has 3 heteroatoms. The largest absolute Gasteiger partial charge is 0.345 e. The Labute approximate surface area is 174 Å². The van der Waals surface area contributed by atoms with Crippen LogP contribution in [0.4, 0.5) is 0 Å². The van der Waals surface area contributed by atoms with Gasteiger partial charge in [0.25, 0.3) is 0 Å². The van der Waals surface area contributed by atoms with E-state index in [-0.39, 0.29) is 17.4 Å². The van der Waals surface area contributed by atoms with Gasteiger partial charge < -0.3 is 9.47 Å². The lowest BCUT2D eigenvalue weighted by Gasteiger charge is -2.36. The zero-order valence-electron chi connectivity index (χ0n) is 17.6. The third-order valence-corrected chi connectivity index (χ3v) is 5.85. The lowest BCUT2D eigenvalue weighted by Crippen LogP contribution is -2.46. The molecular formula is C26H30N2O. The van der Waals surface area contributed by atoms with E-state index in [4.69, 9.17) is 0 Å². The summed E-state index contributed by atoms with van der Waals surface area (Å²) in [5.74, 6) is 0.748. The van der Waals surface area contributed by atoms with Crippen LogP contribution in [0.5, 0.6) is 0 Å². The highest BCUT2D eigenvalue weighted by Crippen LogP contribution is 2.49. The molecule has 1 heterocycles. The van der Waals surface area contributed by atoms with Gasteiger partial charge in [-0.25, -0.2) is 0 Å². The van der Waals surface area contributed by atoms with Crippen molar-refractivity contribution in [1.82, 2.24) is 9.47 Å². The summed E-state index contributed by atoms with van der Waals surface area (Å²) >= 11 is 0. The Bertz CT molecular complexity index is 953. The van der Waals surface area contributed by atoms with Crippen LogP contribution in [0.3, 0.4) is 0 Å². The highest BCUT2D eigenvalue weighted by atomic mass is 16.2. The van der Waals surface area contributed by atoms with Crippen LogP contribution in [0.1, 0.15) is 49.9 Å². The molecular weight excluding hydrogens is 356 g/mol. The molecule has 150 valence electrons. The van der Waals surface area contributed by atoms with Gasteiger partial charge in [0.1, 0.15) is 0 Å². The zero-order valence-corrected chi connectivity index (χ0v) is 17.6. The minimum atomic E-state index is -0.219. The van der Waals surface area contributed by atoms with Gasteiger partial charge in [0.2, 0.25) is 5.91 Å². The highest BCUT2D eigenvalue weighted by molar-refractivity contribution is 5.83. The fourth-order valence-electron chi connectivity index (χ4n) is 4.07. The van der Waals surface area contributed by atoms with Gasteiger partial charge in [0.15, 0.2) is 0 Å². The SMILES string of the molecule is CC(C)(C)N(Cc1cccn1Cc1ccccc1)C(=O)C1CC1c1ccccc1. The summed E-state index contributed by atoms with van der Waals surface area (Å²) in [4.78, 5) is 15.5. The second-order valence-corrected chi connectivity index (χ2v) is 9.07. The molecule has 0 spiro atoms. The normalized spacial score (nSPS) is 18.4. The molecule has 0 saturated heterocycles. The molecule has 1 aromatic heterocycles. The number of nitrogens with zero attached hydrogens (tertiary/aromatic N) is 2. The minimum Gasteiger partial charge on any atom is -0.345 e. The smallest absolute Gasteiger partial charge is 0.227 e. The molecule has 1 amide bonds. The van der Waals surface area contributed by atoms with Gasteiger partial charge in [-0.05, 0) is 56.4 Å². The topological polar surface area (TPSA) is 25.2 Å². The first kappa shape index (κ1) is 19.5. The second-order valence-electron chi connectivity index (χ2n) is 9.07. The van der Waals surface area contributed by atoms with Crippen LogP contribution in [0.15, 0.2) is 79.0 Å². The van der Waals surface area contributed by atoms with Crippen LogP contribution >= 0.6 is 0 Å². The third kappa shape index (κ3) is 4.45. The van der Waals surface area contributed by atoms with E-state index in [2.05, 4.69) is 97.1 Å². The average Bonchev–Trinajstić information content (AvgIpc) is 3.40. The zero-order chi connectivity index (χ0) is 20.4. The van der Waals surface area contributed by atoms with Crippen molar-refractivity contribution in [3.8, 4) is 0 Å². The quantitative estimate of drug-likeness (QED) is 0.552. The van der Waals surface area contributed by atoms with Crippen LogP contribution < -0.4 is 0 Å². The summed E-state index contributed by atoms with van der Waals surface area (Å²) in [5, 5.41) is 0. The maximum absolute atomic E-state index is 13.4. The Morgan fingerprint density at radius 3 is 2.28 bits per heavy atom. The van der Waals surface area contributed by atoms with Crippen LogP contribution in [0.2, 0.25) is 0 Å². The Hall–Kier alpha value is -2.81. The second kappa shape index (κ2) is 7.90. The number of benzene rings is 2. The molecule has 4 rings (SSSR count). The fourth-order valence-corrected chi connectivity index (χ4v) is 4.07.